The van der Waals surface area contributed by atoms with Gasteiger partial charge in [0.2, 0.25) is 0 Å². The highest BCUT2D eigenvalue weighted by Crippen LogP contribution is 2.20. The molecule has 1 fully saturated rings. The molecule has 1 aromatic carbocycles. The predicted octanol–water partition coefficient (Wildman–Crippen LogP) is 2.47. The van der Waals surface area contributed by atoms with Crippen molar-refractivity contribution in [3.05, 3.63) is 46.5 Å². The van der Waals surface area contributed by atoms with Gasteiger partial charge in [-0.2, -0.15) is 5.10 Å². The number of halogens is 1. The summed E-state index contributed by atoms with van der Waals surface area (Å²) in [4.78, 5) is 4.55. The van der Waals surface area contributed by atoms with Gasteiger partial charge in [0.1, 0.15) is 5.82 Å². The molecule has 0 aliphatic carbocycles. The van der Waals surface area contributed by atoms with Gasteiger partial charge in [0.05, 0.1) is 6.04 Å². The third kappa shape index (κ3) is 2.54. The Morgan fingerprint density at radius 3 is 2.83 bits per heavy atom. The van der Waals surface area contributed by atoms with Crippen LogP contribution in [-0.4, -0.2) is 21.7 Å². The molecule has 2 N–H and O–H groups in total. The smallest absolute Gasteiger partial charge is 0.167 e. The lowest BCUT2D eigenvalue weighted by Crippen LogP contribution is -2.14. The van der Waals surface area contributed by atoms with Crippen molar-refractivity contribution in [1.29, 1.82) is 0 Å². The lowest BCUT2D eigenvalue weighted by atomic mass is 10.1. The van der Waals surface area contributed by atoms with E-state index in [4.69, 9.17) is 11.6 Å². The van der Waals surface area contributed by atoms with Crippen LogP contribution in [0.25, 0.3) is 0 Å². The van der Waals surface area contributed by atoms with Gasteiger partial charge in [0.15, 0.2) is 5.82 Å². The van der Waals surface area contributed by atoms with Crippen molar-refractivity contribution in [3.63, 3.8) is 0 Å². The zero-order chi connectivity index (χ0) is 12.4. The Morgan fingerprint density at radius 1 is 1.28 bits per heavy atom. The number of nitrogens with one attached hydrogen (secondary N) is 2. The average molecular weight is 263 g/mol. The summed E-state index contributed by atoms with van der Waals surface area (Å²) in [6.45, 7) is 1.06. The molecule has 1 unspecified atom stereocenters. The van der Waals surface area contributed by atoms with Gasteiger partial charge in [-0.3, -0.25) is 5.10 Å². The van der Waals surface area contributed by atoms with Crippen LogP contribution in [0, 0.1) is 0 Å². The average Bonchev–Trinajstić information content (AvgIpc) is 3.02. The normalized spacial score (nSPS) is 19.3. The molecule has 2 heterocycles. The van der Waals surface area contributed by atoms with Crippen LogP contribution >= 0.6 is 11.6 Å². The monoisotopic (exact) mass is 262 g/mol. The van der Waals surface area contributed by atoms with Crippen LogP contribution < -0.4 is 5.32 Å². The van der Waals surface area contributed by atoms with Crippen molar-refractivity contribution in [1.82, 2.24) is 20.5 Å². The lowest BCUT2D eigenvalue weighted by molar-refractivity contribution is 0.607. The van der Waals surface area contributed by atoms with Crippen molar-refractivity contribution in [2.45, 2.75) is 25.3 Å². The number of nitrogens with zero attached hydrogens (tertiary/aromatic N) is 2. The second-order valence-electron chi connectivity index (χ2n) is 4.59. The molecular weight excluding hydrogens is 248 g/mol. The van der Waals surface area contributed by atoms with Gasteiger partial charge >= 0.3 is 0 Å². The molecule has 0 radical (unpaired) electrons. The van der Waals surface area contributed by atoms with E-state index in [2.05, 4.69) is 20.5 Å². The highest BCUT2D eigenvalue weighted by Gasteiger charge is 2.20. The van der Waals surface area contributed by atoms with Crippen LogP contribution in [-0.2, 0) is 6.42 Å². The Labute approximate surface area is 111 Å². The van der Waals surface area contributed by atoms with Crippen molar-refractivity contribution in [2.75, 3.05) is 6.54 Å². The van der Waals surface area contributed by atoms with E-state index in [0.29, 0.717) is 6.04 Å². The number of hydrogen-bond donors (Lipinski definition) is 2. The van der Waals surface area contributed by atoms with E-state index in [1.54, 1.807) is 0 Å². The van der Waals surface area contributed by atoms with E-state index in [1.165, 1.54) is 12.0 Å². The fourth-order valence-corrected chi connectivity index (χ4v) is 2.37. The summed E-state index contributed by atoms with van der Waals surface area (Å²) >= 11 is 5.86. The minimum Gasteiger partial charge on any atom is -0.307 e. The predicted molar refractivity (Wildman–Crippen MR) is 70.6 cm³/mol. The van der Waals surface area contributed by atoms with Gasteiger partial charge in [-0.05, 0) is 37.1 Å². The van der Waals surface area contributed by atoms with Crippen molar-refractivity contribution in [2.24, 2.45) is 0 Å². The van der Waals surface area contributed by atoms with E-state index in [-0.39, 0.29) is 0 Å². The third-order valence-electron chi connectivity index (χ3n) is 3.21. The number of benzene rings is 1. The van der Waals surface area contributed by atoms with Crippen molar-refractivity contribution < 1.29 is 0 Å². The Morgan fingerprint density at radius 2 is 2.11 bits per heavy atom. The highest BCUT2D eigenvalue weighted by molar-refractivity contribution is 6.30. The molecule has 0 amide bonds. The molecule has 2 aromatic rings. The Kier molecular flexibility index (Phi) is 3.30. The van der Waals surface area contributed by atoms with Gasteiger partial charge in [-0.25, -0.2) is 4.98 Å². The first-order valence-corrected chi connectivity index (χ1v) is 6.58. The van der Waals surface area contributed by atoms with E-state index in [0.717, 1.165) is 36.1 Å². The van der Waals surface area contributed by atoms with Crippen LogP contribution in [0.15, 0.2) is 24.3 Å². The molecule has 1 saturated heterocycles. The van der Waals surface area contributed by atoms with Crippen LogP contribution in [0.1, 0.15) is 36.1 Å². The molecule has 1 atom stereocenters. The quantitative estimate of drug-likeness (QED) is 0.894. The first kappa shape index (κ1) is 11.7. The SMILES string of the molecule is Clc1ccc(Cc2nc(C3CCCN3)n[nH]2)cc1. The Hall–Kier alpha value is -1.39. The summed E-state index contributed by atoms with van der Waals surface area (Å²) in [6, 6.07) is 8.14. The van der Waals surface area contributed by atoms with Crippen molar-refractivity contribution >= 4 is 11.6 Å². The summed E-state index contributed by atoms with van der Waals surface area (Å²) in [5.41, 5.74) is 1.18. The zero-order valence-electron chi connectivity index (χ0n) is 9.99. The maximum absolute atomic E-state index is 5.86. The summed E-state index contributed by atoms with van der Waals surface area (Å²) < 4.78 is 0. The fraction of sp³-hybridized carbons (Fsp3) is 0.385. The summed E-state index contributed by atoms with van der Waals surface area (Å²) in [5, 5.41) is 11.5. The number of aromatic amines is 1. The summed E-state index contributed by atoms with van der Waals surface area (Å²) in [7, 11) is 0. The largest absolute Gasteiger partial charge is 0.307 e. The highest BCUT2D eigenvalue weighted by atomic mass is 35.5. The third-order valence-corrected chi connectivity index (χ3v) is 3.46. The van der Waals surface area contributed by atoms with E-state index in [1.807, 2.05) is 24.3 Å². The maximum Gasteiger partial charge on any atom is 0.167 e. The minimum atomic E-state index is 0.320. The molecule has 18 heavy (non-hydrogen) atoms. The van der Waals surface area contributed by atoms with Gasteiger partial charge in [-0.15, -0.1) is 0 Å². The van der Waals surface area contributed by atoms with Gasteiger partial charge in [0, 0.05) is 11.4 Å². The molecule has 0 saturated carbocycles. The van der Waals surface area contributed by atoms with Gasteiger partial charge in [-0.1, -0.05) is 23.7 Å². The first-order chi connectivity index (χ1) is 8.81. The van der Waals surface area contributed by atoms with Crippen LogP contribution in [0.3, 0.4) is 0 Å². The second kappa shape index (κ2) is 5.08. The summed E-state index contributed by atoms with van der Waals surface area (Å²) in [5.74, 6) is 1.79. The van der Waals surface area contributed by atoms with Crippen molar-refractivity contribution in [3.8, 4) is 0 Å². The maximum atomic E-state index is 5.86. The molecule has 0 bridgehead atoms. The summed E-state index contributed by atoms with van der Waals surface area (Å²) in [6.07, 6.45) is 3.08. The molecule has 5 heteroatoms. The Balaban J connectivity index is 1.71. The molecule has 94 valence electrons. The first-order valence-electron chi connectivity index (χ1n) is 6.20. The number of H-pyrrole nitrogens is 1. The molecular formula is C13H15ClN4. The molecule has 1 aromatic heterocycles. The van der Waals surface area contributed by atoms with Crippen LogP contribution in [0.2, 0.25) is 5.02 Å². The Bertz CT molecular complexity index is 514. The van der Waals surface area contributed by atoms with E-state index >= 15 is 0 Å². The number of aromatic nitrogens is 3. The molecule has 0 spiro atoms. The fourth-order valence-electron chi connectivity index (χ4n) is 2.25. The van der Waals surface area contributed by atoms with Gasteiger partial charge in [0.25, 0.3) is 0 Å². The lowest BCUT2D eigenvalue weighted by Gasteiger charge is -2.02. The van der Waals surface area contributed by atoms with E-state index < -0.39 is 0 Å². The molecule has 4 nitrogen and oxygen atoms in total. The molecule has 1 aliphatic heterocycles. The second-order valence-corrected chi connectivity index (χ2v) is 5.03. The van der Waals surface area contributed by atoms with Crippen LogP contribution in [0.4, 0.5) is 0 Å². The van der Waals surface area contributed by atoms with Gasteiger partial charge < -0.3 is 5.32 Å². The molecule has 3 rings (SSSR count). The number of rotatable bonds is 3. The van der Waals surface area contributed by atoms with Crippen LogP contribution in [0.5, 0.6) is 0 Å². The molecule has 1 aliphatic rings. The zero-order valence-corrected chi connectivity index (χ0v) is 10.7. The minimum absolute atomic E-state index is 0.320. The standard InChI is InChI=1S/C13H15ClN4/c14-10-5-3-9(4-6-10)8-12-16-13(18-17-12)11-2-1-7-15-11/h3-6,11,15H,1-2,7-8H2,(H,16,17,18). The van der Waals surface area contributed by atoms with E-state index in [9.17, 15) is 0 Å². The number of hydrogen-bond acceptors (Lipinski definition) is 3. The topological polar surface area (TPSA) is 53.6 Å².